The molecule has 192 valence electrons. The number of piperidine rings is 1. The summed E-state index contributed by atoms with van der Waals surface area (Å²) in [5, 5.41) is -0.121. The minimum absolute atomic E-state index is 0.00175. The van der Waals surface area contributed by atoms with E-state index in [-0.39, 0.29) is 38.3 Å². The number of hydrogen-bond acceptors (Lipinski definition) is 7. The summed E-state index contributed by atoms with van der Waals surface area (Å²) in [4.78, 5) is 35.5. The largest absolute Gasteiger partial charge is 0.444 e. The summed E-state index contributed by atoms with van der Waals surface area (Å²) in [7, 11) is -3.52. The van der Waals surface area contributed by atoms with Crippen LogP contribution in [0, 0.1) is 5.82 Å². The molecule has 0 saturated carbocycles. The van der Waals surface area contributed by atoms with Crippen LogP contribution in [0.1, 0.15) is 55.7 Å². The van der Waals surface area contributed by atoms with Crippen molar-refractivity contribution in [2.45, 2.75) is 50.2 Å². The fourth-order valence-corrected chi connectivity index (χ4v) is 5.16. The minimum Gasteiger partial charge on any atom is -0.444 e. The summed E-state index contributed by atoms with van der Waals surface area (Å²) < 4.78 is 45.8. The summed E-state index contributed by atoms with van der Waals surface area (Å²) in [6, 6.07) is 3.59. The number of ether oxygens (including phenoxy) is 1. The molecule has 1 fully saturated rings. The molecule has 0 atom stereocenters. The van der Waals surface area contributed by atoms with Gasteiger partial charge in [0, 0.05) is 37.1 Å². The number of carbonyl (C=O) groups excluding carboxylic acids is 2. The first-order valence-electron chi connectivity index (χ1n) is 11.3. The van der Waals surface area contributed by atoms with Crippen LogP contribution >= 0.6 is 11.6 Å². The Bertz CT molecular complexity index is 1460. The lowest BCUT2D eigenvalue weighted by atomic mass is 10.0. The van der Waals surface area contributed by atoms with Gasteiger partial charge in [0.1, 0.15) is 23.3 Å². The van der Waals surface area contributed by atoms with E-state index >= 15 is 4.39 Å². The van der Waals surface area contributed by atoms with Gasteiger partial charge in [0.15, 0.2) is 15.7 Å². The first-order valence-corrected chi connectivity index (χ1v) is 13.6. The zero-order valence-corrected chi connectivity index (χ0v) is 21.9. The van der Waals surface area contributed by atoms with E-state index in [4.69, 9.17) is 16.3 Å². The third kappa shape index (κ3) is 5.22. The van der Waals surface area contributed by atoms with Crippen LogP contribution in [-0.4, -0.2) is 64.7 Å². The molecule has 0 bridgehead atoms. The highest BCUT2D eigenvalue weighted by molar-refractivity contribution is 7.90. The highest BCUT2D eigenvalue weighted by Crippen LogP contribution is 2.32. The number of fused-ring (bicyclic) bond motifs is 1. The Morgan fingerprint density at radius 2 is 1.83 bits per heavy atom. The van der Waals surface area contributed by atoms with E-state index in [1.54, 1.807) is 30.2 Å². The lowest BCUT2D eigenvalue weighted by molar-refractivity contribution is 0.0189. The van der Waals surface area contributed by atoms with Crippen LogP contribution in [0.15, 0.2) is 35.6 Å². The van der Waals surface area contributed by atoms with Crippen molar-refractivity contribution in [3.63, 3.8) is 0 Å². The quantitative estimate of drug-likeness (QED) is 0.453. The van der Waals surface area contributed by atoms with E-state index in [0.717, 1.165) is 6.26 Å². The molecule has 0 radical (unpaired) electrons. The van der Waals surface area contributed by atoms with Gasteiger partial charge >= 0.3 is 6.09 Å². The average Bonchev–Trinajstić information content (AvgIpc) is 3.13. The topological polar surface area (TPSA) is 111 Å². The second-order valence-electron chi connectivity index (χ2n) is 9.75. The molecule has 12 heteroatoms. The van der Waals surface area contributed by atoms with E-state index in [9.17, 15) is 18.0 Å². The number of ketones is 1. The molecule has 1 saturated heterocycles. The molecule has 4 rings (SSSR count). The Hall–Kier alpha value is -3.05. The van der Waals surface area contributed by atoms with Gasteiger partial charge in [-0.25, -0.2) is 27.6 Å². The fraction of sp³-hybridized carbons (Fsp3) is 0.417. The van der Waals surface area contributed by atoms with Crippen LogP contribution < -0.4 is 0 Å². The normalized spacial score (nSPS) is 15.3. The number of rotatable bonds is 4. The summed E-state index contributed by atoms with van der Waals surface area (Å²) in [5.74, 6) is -1.31. The molecule has 0 unspecified atom stereocenters. The van der Waals surface area contributed by atoms with Gasteiger partial charge in [0.2, 0.25) is 5.78 Å². The van der Waals surface area contributed by atoms with Gasteiger partial charge in [-0.05, 0) is 51.8 Å². The molecule has 9 nitrogen and oxygen atoms in total. The van der Waals surface area contributed by atoms with Crippen LogP contribution in [0.4, 0.5) is 9.18 Å². The van der Waals surface area contributed by atoms with Crippen molar-refractivity contribution in [2.24, 2.45) is 0 Å². The zero-order chi connectivity index (χ0) is 26.4. The predicted octanol–water partition coefficient (Wildman–Crippen LogP) is 4.43. The maximum Gasteiger partial charge on any atom is 0.410 e. The van der Waals surface area contributed by atoms with Crippen molar-refractivity contribution in [3.05, 3.63) is 52.8 Å². The van der Waals surface area contributed by atoms with Crippen LogP contribution in [0.5, 0.6) is 0 Å². The number of carbonyl (C=O) groups is 2. The van der Waals surface area contributed by atoms with Gasteiger partial charge in [-0.1, -0.05) is 11.6 Å². The maximum absolute atomic E-state index is 15.2. The molecule has 0 aliphatic carbocycles. The summed E-state index contributed by atoms with van der Waals surface area (Å²) >= 11 is 6.21. The second-order valence-corrected chi connectivity index (χ2v) is 12.2. The van der Waals surface area contributed by atoms with E-state index in [0.29, 0.717) is 25.9 Å². The van der Waals surface area contributed by atoms with Crippen LogP contribution in [-0.2, 0) is 14.6 Å². The number of halogens is 2. The Morgan fingerprint density at radius 1 is 1.17 bits per heavy atom. The van der Waals surface area contributed by atoms with Crippen molar-refractivity contribution in [1.82, 2.24) is 19.4 Å². The Morgan fingerprint density at radius 3 is 2.42 bits per heavy atom. The Balaban J connectivity index is 1.62. The number of sulfone groups is 1. The van der Waals surface area contributed by atoms with Crippen LogP contribution in [0.3, 0.4) is 0 Å². The Labute approximate surface area is 213 Å². The summed E-state index contributed by atoms with van der Waals surface area (Å²) in [5.41, 5.74) is -0.509. The Kier molecular flexibility index (Phi) is 6.82. The molecule has 0 spiro atoms. The molecule has 3 aromatic rings. The second kappa shape index (κ2) is 9.44. The van der Waals surface area contributed by atoms with Crippen molar-refractivity contribution in [2.75, 3.05) is 19.3 Å². The summed E-state index contributed by atoms with van der Waals surface area (Å²) in [6.45, 7) is 6.27. The number of nitrogens with zero attached hydrogens (tertiary/aromatic N) is 4. The van der Waals surface area contributed by atoms with Gasteiger partial charge < -0.3 is 14.2 Å². The monoisotopic (exact) mass is 536 g/mol. The van der Waals surface area contributed by atoms with Gasteiger partial charge in [-0.3, -0.25) is 4.79 Å². The molecule has 2 aromatic heterocycles. The van der Waals surface area contributed by atoms with Crippen molar-refractivity contribution in [1.29, 1.82) is 0 Å². The number of amides is 1. The van der Waals surface area contributed by atoms with Gasteiger partial charge in [-0.2, -0.15) is 0 Å². The lowest BCUT2D eigenvalue weighted by Gasteiger charge is -2.34. The van der Waals surface area contributed by atoms with Crippen molar-refractivity contribution >= 4 is 44.3 Å². The number of aromatic nitrogens is 3. The highest BCUT2D eigenvalue weighted by Gasteiger charge is 2.30. The van der Waals surface area contributed by atoms with Crippen molar-refractivity contribution < 1.29 is 27.1 Å². The van der Waals surface area contributed by atoms with E-state index in [1.165, 1.54) is 30.7 Å². The molecule has 1 aliphatic rings. The fourth-order valence-electron chi connectivity index (χ4n) is 4.18. The molecular weight excluding hydrogens is 511 g/mol. The third-order valence-electron chi connectivity index (χ3n) is 5.90. The number of hydrogen-bond donors (Lipinski definition) is 0. The first kappa shape index (κ1) is 26.0. The third-order valence-corrected chi connectivity index (χ3v) is 7.32. The molecule has 3 heterocycles. The first-order chi connectivity index (χ1) is 16.8. The van der Waals surface area contributed by atoms with Gasteiger partial charge in [-0.15, -0.1) is 0 Å². The van der Waals surface area contributed by atoms with E-state index in [2.05, 4.69) is 9.97 Å². The predicted molar refractivity (Wildman–Crippen MR) is 132 cm³/mol. The lowest BCUT2D eigenvalue weighted by Crippen LogP contribution is -2.42. The van der Waals surface area contributed by atoms with E-state index < -0.39 is 33.1 Å². The zero-order valence-electron chi connectivity index (χ0n) is 20.3. The molecule has 1 aromatic carbocycles. The maximum atomic E-state index is 15.2. The SMILES string of the molecule is CC(C)(C)OC(=O)N1CCC(n2cc(F)c3c(C(=O)c4ccc(S(C)(=O)=O)cc4Cl)ncnc32)CC1. The minimum atomic E-state index is -3.52. The standard InChI is InChI=1S/C24H26ClFN4O5S/c1-24(2,3)35-23(32)29-9-7-14(8-10-29)30-12-18(26)19-20(27-13-28-22(19)30)21(31)16-6-5-15(11-17(16)25)36(4,33)34/h5-6,11-14H,7-10H2,1-4H3. The van der Waals surface area contributed by atoms with Crippen LogP contribution in [0.2, 0.25) is 5.02 Å². The van der Waals surface area contributed by atoms with E-state index in [1.807, 2.05) is 0 Å². The summed E-state index contributed by atoms with van der Waals surface area (Å²) in [6.07, 6.45) is 4.21. The highest BCUT2D eigenvalue weighted by atomic mass is 35.5. The van der Waals surface area contributed by atoms with Crippen LogP contribution in [0.25, 0.3) is 11.0 Å². The van der Waals surface area contributed by atoms with Gasteiger partial charge in [0.05, 0.1) is 15.3 Å². The average molecular weight is 537 g/mol. The smallest absolute Gasteiger partial charge is 0.410 e. The molecule has 1 amide bonds. The number of benzene rings is 1. The molecular formula is C24H26ClFN4O5S. The number of likely N-dealkylation sites (tertiary alicyclic amines) is 1. The molecule has 1 aliphatic heterocycles. The molecule has 0 N–H and O–H groups in total. The molecule has 36 heavy (non-hydrogen) atoms. The van der Waals surface area contributed by atoms with Gasteiger partial charge in [0.25, 0.3) is 0 Å². The van der Waals surface area contributed by atoms with Crippen molar-refractivity contribution in [3.8, 4) is 0 Å².